The van der Waals surface area contributed by atoms with E-state index in [0.29, 0.717) is 31.6 Å². The minimum Gasteiger partial charge on any atom is -0.497 e. The van der Waals surface area contributed by atoms with Gasteiger partial charge in [-0.3, -0.25) is 4.79 Å². The van der Waals surface area contributed by atoms with Crippen molar-refractivity contribution in [3.63, 3.8) is 0 Å². The fraction of sp³-hybridized carbons (Fsp3) is 0.350. The minimum absolute atomic E-state index is 0.206. The fourth-order valence-corrected chi connectivity index (χ4v) is 5.51. The lowest BCUT2D eigenvalue weighted by Crippen LogP contribution is -2.45. The predicted molar refractivity (Wildman–Crippen MR) is 98.9 cm³/mol. The number of rotatable bonds is 4. The lowest BCUT2D eigenvalue weighted by Gasteiger charge is -2.38. The Morgan fingerprint density at radius 2 is 1.81 bits per heavy atom. The second kappa shape index (κ2) is 6.98. The number of fused-ring (bicyclic) bond motifs is 1. The molecule has 0 unspecified atom stereocenters. The number of sulfonamides is 1. The smallest absolute Gasteiger partial charge is 0.306 e. The quantitative estimate of drug-likeness (QED) is 0.754. The number of carbonyl (C=O) groups is 1. The first kappa shape index (κ1) is 18.0. The van der Waals surface area contributed by atoms with E-state index >= 15 is 0 Å². The van der Waals surface area contributed by atoms with E-state index in [2.05, 4.69) is 0 Å². The lowest BCUT2D eigenvalue weighted by atomic mass is 9.90. The lowest BCUT2D eigenvalue weighted by molar-refractivity contribution is -0.143. The predicted octanol–water partition coefficient (Wildman–Crippen LogP) is 2.69. The molecule has 2 aromatic rings. The molecule has 4 rings (SSSR count). The third-order valence-corrected chi connectivity index (χ3v) is 7.11. The molecule has 0 bridgehead atoms. The summed E-state index contributed by atoms with van der Waals surface area (Å²) in [6, 6.07) is 13.6. The molecule has 2 heterocycles. The van der Waals surface area contributed by atoms with E-state index in [-0.39, 0.29) is 10.9 Å². The SMILES string of the molecule is COc1ccc(S(=O)(=O)N2CCc3ccccc3[C@@H]2[C@H]2CCC(=O)O2)cc1. The van der Waals surface area contributed by atoms with Crippen LogP contribution >= 0.6 is 0 Å². The maximum absolute atomic E-state index is 13.4. The van der Waals surface area contributed by atoms with Crippen LogP contribution in [0.4, 0.5) is 0 Å². The first-order valence-electron chi connectivity index (χ1n) is 8.94. The fourth-order valence-electron chi connectivity index (χ4n) is 3.88. The molecule has 0 spiro atoms. The summed E-state index contributed by atoms with van der Waals surface area (Å²) in [4.78, 5) is 11.9. The van der Waals surface area contributed by atoms with Gasteiger partial charge in [-0.25, -0.2) is 8.42 Å². The second-order valence-corrected chi connectivity index (χ2v) is 8.64. The summed E-state index contributed by atoms with van der Waals surface area (Å²) in [5.41, 5.74) is 2.02. The van der Waals surface area contributed by atoms with Crippen molar-refractivity contribution < 1.29 is 22.7 Å². The van der Waals surface area contributed by atoms with Crippen molar-refractivity contribution in [2.24, 2.45) is 0 Å². The van der Waals surface area contributed by atoms with Gasteiger partial charge in [-0.2, -0.15) is 4.31 Å². The third-order valence-electron chi connectivity index (χ3n) is 5.22. The zero-order chi connectivity index (χ0) is 19.0. The topological polar surface area (TPSA) is 72.9 Å². The van der Waals surface area contributed by atoms with Crippen molar-refractivity contribution in [2.45, 2.75) is 36.3 Å². The Bertz CT molecular complexity index is 955. The van der Waals surface area contributed by atoms with E-state index < -0.39 is 22.2 Å². The Morgan fingerprint density at radius 1 is 1.07 bits per heavy atom. The molecule has 27 heavy (non-hydrogen) atoms. The Hall–Kier alpha value is -2.38. The highest BCUT2D eigenvalue weighted by Crippen LogP contribution is 2.40. The van der Waals surface area contributed by atoms with Gasteiger partial charge < -0.3 is 9.47 Å². The Kier molecular flexibility index (Phi) is 4.65. The Labute approximate surface area is 158 Å². The highest BCUT2D eigenvalue weighted by atomic mass is 32.2. The number of ether oxygens (including phenoxy) is 2. The van der Waals surface area contributed by atoms with Gasteiger partial charge in [-0.15, -0.1) is 0 Å². The molecule has 2 atom stereocenters. The number of hydrogen-bond acceptors (Lipinski definition) is 5. The number of cyclic esters (lactones) is 1. The van der Waals surface area contributed by atoms with Crippen LogP contribution in [0.15, 0.2) is 53.4 Å². The molecule has 0 saturated carbocycles. The summed E-state index contributed by atoms with van der Waals surface area (Å²) in [7, 11) is -2.21. The van der Waals surface area contributed by atoms with E-state index in [1.807, 2.05) is 24.3 Å². The van der Waals surface area contributed by atoms with Crippen LogP contribution < -0.4 is 4.74 Å². The number of hydrogen-bond donors (Lipinski definition) is 0. The van der Waals surface area contributed by atoms with Crippen LogP contribution in [0, 0.1) is 0 Å². The Morgan fingerprint density at radius 3 is 2.48 bits per heavy atom. The summed E-state index contributed by atoms with van der Waals surface area (Å²) in [5, 5.41) is 0. The van der Waals surface area contributed by atoms with Gasteiger partial charge in [0.15, 0.2) is 0 Å². The molecule has 0 aliphatic carbocycles. The minimum atomic E-state index is -3.75. The van der Waals surface area contributed by atoms with Gasteiger partial charge in [0.2, 0.25) is 10.0 Å². The van der Waals surface area contributed by atoms with E-state index in [0.717, 1.165) is 11.1 Å². The van der Waals surface area contributed by atoms with Gasteiger partial charge in [-0.05, 0) is 48.2 Å². The van der Waals surface area contributed by atoms with Gasteiger partial charge in [0.05, 0.1) is 18.0 Å². The summed E-state index contributed by atoms with van der Waals surface area (Å²) in [5.74, 6) is 0.323. The molecular weight excluding hydrogens is 366 g/mol. The molecule has 7 heteroatoms. The highest BCUT2D eigenvalue weighted by Gasteiger charge is 2.44. The standard InChI is InChI=1S/C20H21NO5S/c1-25-15-6-8-16(9-7-15)27(23,24)21-13-12-14-4-2-3-5-17(14)20(21)18-10-11-19(22)26-18/h2-9,18,20H,10-13H2,1H3/t18-,20-/m1/s1. The van der Waals surface area contributed by atoms with Crippen LogP contribution in [-0.4, -0.2) is 38.5 Å². The summed E-state index contributed by atoms with van der Waals surface area (Å²) in [6.07, 6.45) is 1.00. The van der Waals surface area contributed by atoms with Crippen LogP contribution in [0.3, 0.4) is 0 Å². The zero-order valence-electron chi connectivity index (χ0n) is 15.0. The van der Waals surface area contributed by atoms with Crippen molar-refractivity contribution in [3.8, 4) is 5.75 Å². The van der Waals surface area contributed by atoms with Crippen LogP contribution in [-0.2, 0) is 26.0 Å². The largest absolute Gasteiger partial charge is 0.497 e. The van der Waals surface area contributed by atoms with Crippen molar-refractivity contribution >= 4 is 16.0 Å². The van der Waals surface area contributed by atoms with E-state index in [4.69, 9.17) is 9.47 Å². The maximum Gasteiger partial charge on any atom is 0.306 e. The molecule has 142 valence electrons. The monoisotopic (exact) mass is 387 g/mol. The maximum atomic E-state index is 13.4. The Balaban J connectivity index is 1.76. The first-order valence-corrected chi connectivity index (χ1v) is 10.4. The molecule has 6 nitrogen and oxygen atoms in total. The van der Waals surface area contributed by atoms with Crippen LogP contribution in [0.5, 0.6) is 5.75 Å². The molecule has 2 aliphatic rings. The molecule has 2 aromatic carbocycles. The first-order chi connectivity index (χ1) is 13.0. The van der Waals surface area contributed by atoms with E-state index in [1.54, 1.807) is 24.3 Å². The summed E-state index contributed by atoms with van der Waals surface area (Å²) < 4.78 is 38.9. The molecular formula is C20H21NO5S. The van der Waals surface area contributed by atoms with Crippen molar-refractivity contribution in [1.82, 2.24) is 4.31 Å². The normalized spacial score (nSPS) is 22.9. The second-order valence-electron chi connectivity index (χ2n) is 6.75. The summed E-state index contributed by atoms with van der Waals surface area (Å²) >= 11 is 0. The van der Waals surface area contributed by atoms with Gasteiger partial charge in [-0.1, -0.05) is 24.3 Å². The zero-order valence-corrected chi connectivity index (χ0v) is 15.8. The molecule has 0 aromatic heterocycles. The highest BCUT2D eigenvalue weighted by molar-refractivity contribution is 7.89. The van der Waals surface area contributed by atoms with Crippen molar-refractivity contribution in [3.05, 3.63) is 59.7 Å². The number of carbonyl (C=O) groups excluding carboxylic acids is 1. The van der Waals surface area contributed by atoms with Crippen molar-refractivity contribution in [2.75, 3.05) is 13.7 Å². The molecule has 1 fully saturated rings. The van der Waals surface area contributed by atoms with Crippen LogP contribution in [0.2, 0.25) is 0 Å². The van der Waals surface area contributed by atoms with Gasteiger partial charge in [0, 0.05) is 13.0 Å². The van der Waals surface area contributed by atoms with Crippen LogP contribution in [0.25, 0.3) is 0 Å². The molecule has 0 radical (unpaired) electrons. The van der Waals surface area contributed by atoms with E-state index in [1.165, 1.54) is 11.4 Å². The van der Waals surface area contributed by atoms with Gasteiger partial charge >= 0.3 is 5.97 Å². The molecule has 1 saturated heterocycles. The number of methoxy groups -OCH3 is 1. The third kappa shape index (κ3) is 3.21. The average Bonchev–Trinajstić information content (AvgIpc) is 3.13. The van der Waals surface area contributed by atoms with Crippen molar-refractivity contribution in [1.29, 1.82) is 0 Å². The number of esters is 1. The summed E-state index contributed by atoms with van der Waals surface area (Å²) in [6.45, 7) is 0.351. The molecule has 0 amide bonds. The average molecular weight is 387 g/mol. The number of nitrogens with zero attached hydrogens (tertiary/aromatic N) is 1. The van der Waals surface area contributed by atoms with Crippen LogP contribution in [0.1, 0.15) is 30.0 Å². The van der Waals surface area contributed by atoms with Gasteiger partial charge in [0.25, 0.3) is 0 Å². The molecule has 2 aliphatic heterocycles. The van der Waals surface area contributed by atoms with Gasteiger partial charge in [0.1, 0.15) is 11.9 Å². The number of benzene rings is 2. The van der Waals surface area contributed by atoms with E-state index in [9.17, 15) is 13.2 Å². The molecule has 0 N–H and O–H groups in total.